The monoisotopic (exact) mass is 274 g/mol. The number of aliphatic hydroxyl groups is 1. The van der Waals surface area contributed by atoms with E-state index in [-0.39, 0.29) is 5.91 Å². The average molecular weight is 274 g/mol. The molecule has 108 valence electrons. The van der Waals surface area contributed by atoms with Crippen molar-refractivity contribution in [2.24, 2.45) is 0 Å². The van der Waals surface area contributed by atoms with Gasteiger partial charge in [-0.3, -0.25) is 4.79 Å². The van der Waals surface area contributed by atoms with E-state index in [0.717, 1.165) is 22.0 Å². The Morgan fingerprint density at radius 1 is 1.40 bits per heavy atom. The zero-order valence-corrected chi connectivity index (χ0v) is 12.5. The molecule has 0 unspecified atom stereocenters. The van der Waals surface area contributed by atoms with Crippen LogP contribution in [-0.4, -0.2) is 40.1 Å². The van der Waals surface area contributed by atoms with Gasteiger partial charge in [0.25, 0.3) is 0 Å². The van der Waals surface area contributed by atoms with Crippen molar-refractivity contribution in [3.05, 3.63) is 35.5 Å². The Bertz CT molecular complexity index is 623. The number of carbonyl (C=O) groups is 1. The van der Waals surface area contributed by atoms with Crippen molar-refractivity contribution in [3.8, 4) is 0 Å². The third-order valence-corrected chi connectivity index (χ3v) is 3.39. The molecule has 0 aliphatic carbocycles. The molecular formula is C16H22N2O2. The van der Waals surface area contributed by atoms with E-state index in [2.05, 4.69) is 4.98 Å². The van der Waals surface area contributed by atoms with E-state index in [4.69, 9.17) is 0 Å². The van der Waals surface area contributed by atoms with Gasteiger partial charge in [-0.2, -0.15) is 0 Å². The highest BCUT2D eigenvalue weighted by atomic mass is 16.3. The largest absolute Gasteiger partial charge is 0.389 e. The first-order chi connectivity index (χ1) is 9.28. The smallest absolute Gasteiger partial charge is 0.226 e. The predicted molar refractivity (Wildman–Crippen MR) is 80.7 cm³/mol. The fourth-order valence-corrected chi connectivity index (χ4v) is 2.56. The van der Waals surface area contributed by atoms with E-state index in [1.807, 2.05) is 31.3 Å². The second-order valence-electron chi connectivity index (χ2n) is 6.05. The first kappa shape index (κ1) is 14.6. The Hall–Kier alpha value is -1.81. The third-order valence-electron chi connectivity index (χ3n) is 3.39. The highest BCUT2D eigenvalue weighted by Gasteiger charge is 2.20. The first-order valence-corrected chi connectivity index (χ1v) is 6.80. The number of hydrogen-bond donors (Lipinski definition) is 2. The van der Waals surface area contributed by atoms with Crippen LogP contribution in [0.4, 0.5) is 0 Å². The van der Waals surface area contributed by atoms with Gasteiger partial charge in [-0.05, 0) is 38.0 Å². The van der Waals surface area contributed by atoms with Crippen molar-refractivity contribution >= 4 is 16.8 Å². The first-order valence-electron chi connectivity index (χ1n) is 6.80. The van der Waals surface area contributed by atoms with E-state index in [1.54, 1.807) is 25.8 Å². The number of likely N-dealkylation sites (N-methyl/N-ethyl adjacent to an activating group) is 1. The predicted octanol–water partition coefficient (Wildman–Crippen LogP) is 2.25. The Morgan fingerprint density at radius 2 is 2.10 bits per heavy atom. The van der Waals surface area contributed by atoms with Crippen LogP contribution in [0.2, 0.25) is 0 Å². The number of H-pyrrole nitrogens is 1. The lowest BCUT2D eigenvalue weighted by molar-refractivity contribution is -0.131. The molecule has 20 heavy (non-hydrogen) atoms. The summed E-state index contributed by atoms with van der Waals surface area (Å²) in [6, 6.07) is 6.06. The van der Waals surface area contributed by atoms with Crippen LogP contribution in [0.15, 0.2) is 24.4 Å². The van der Waals surface area contributed by atoms with Crippen molar-refractivity contribution < 1.29 is 9.90 Å². The quantitative estimate of drug-likeness (QED) is 0.898. The minimum absolute atomic E-state index is 0.0104. The minimum Gasteiger partial charge on any atom is -0.389 e. The van der Waals surface area contributed by atoms with Gasteiger partial charge in [-0.1, -0.05) is 12.1 Å². The maximum atomic E-state index is 12.2. The fourth-order valence-electron chi connectivity index (χ4n) is 2.56. The molecule has 0 spiro atoms. The standard InChI is InChI=1S/C16H22N2O2/c1-11-6-5-7-13-15(11)12(9-17-13)8-14(19)18(4)10-16(2,3)20/h5-7,9,17,20H,8,10H2,1-4H3. The number of nitrogens with zero attached hydrogens (tertiary/aromatic N) is 1. The van der Waals surface area contributed by atoms with Crippen molar-refractivity contribution in [1.82, 2.24) is 9.88 Å². The number of amides is 1. The van der Waals surface area contributed by atoms with Gasteiger partial charge >= 0.3 is 0 Å². The van der Waals surface area contributed by atoms with E-state index in [9.17, 15) is 9.90 Å². The van der Waals surface area contributed by atoms with E-state index >= 15 is 0 Å². The summed E-state index contributed by atoms with van der Waals surface area (Å²) >= 11 is 0. The van der Waals surface area contributed by atoms with Crippen molar-refractivity contribution in [1.29, 1.82) is 0 Å². The molecule has 0 saturated heterocycles. The van der Waals surface area contributed by atoms with E-state index < -0.39 is 5.60 Å². The molecule has 0 atom stereocenters. The van der Waals surface area contributed by atoms with Crippen LogP contribution in [0.5, 0.6) is 0 Å². The van der Waals surface area contributed by atoms with Crippen molar-refractivity contribution in [2.75, 3.05) is 13.6 Å². The molecule has 0 radical (unpaired) electrons. The van der Waals surface area contributed by atoms with Crippen LogP contribution >= 0.6 is 0 Å². The second-order valence-corrected chi connectivity index (χ2v) is 6.05. The molecule has 1 amide bonds. The average Bonchev–Trinajstić information content (AvgIpc) is 2.71. The minimum atomic E-state index is -0.874. The van der Waals surface area contributed by atoms with Crippen LogP contribution in [0.3, 0.4) is 0 Å². The summed E-state index contributed by atoms with van der Waals surface area (Å²) in [6.07, 6.45) is 2.24. The molecular weight excluding hydrogens is 252 g/mol. The SMILES string of the molecule is Cc1cccc2[nH]cc(CC(=O)N(C)CC(C)(C)O)c12. The molecule has 2 aromatic rings. The highest BCUT2D eigenvalue weighted by molar-refractivity contribution is 5.91. The topological polar surface area (TPSA) is 56.3 Å². The fraction of sp³-hybridized carbons (Fsp3) is 0.438. The lowest BCUT2D eigenvalue weighted by atomic mass is 10.0. The van der Waals surface area contributed by atoms with Gasteiger partial charge in [0, 0.05) is 30.7 Å². The summed E-state index contributed by atoms with van der Waals surface area (Å²) < 4.78 is 0. The maximum absolute atomic E-state index is 12.2. The van der Waals surface area contributed by atoms with Crippen LogP contribution in [-0.2, 0) is 11.2 Å². The highest BCUT2D eigenvalue weighted by Crippen LogP contribution is 2.22. The molecule has 0 aliphatic rings. The summed E-state index contributed by atoms with van der Waals surface area (Å²) in [5.74, 6) is 0.0104. The maximum Gasteiger partial charge on any atom is 0.226 e. The Kier molecular flexibility index (Phi) is 3.86. The number of rotatable bonds is 4. The lowest BCUT2D eigenvalue weighted by Crippen LogP contribution is -2.40. The van der Waals surface area contributed by atoms with Gasteiger partial charge in [0.05, 0.1) is 12.0 Å². The number of aryl methyl sites for hydroxylation is 1. The lowest BCUT2D eigenvalue weighted by Gasteiger charge is -2.25. The number of nitrogens with one attached hydrogen (secondary N) is 1. The number of benzene rings is 1. The summed E-state index contributed by atoms with van der Waals surface area (Å²) in [7, 11) is 1.72. The zero-order valence-electron chi connectivity index (χ0n) is 12.5. The number of fused-ring (bicyclic) bond motifs is 1. The second kappa shape index (κ2) is 5.29. The van der Waals surface area contributed by atoms with Gasteiger partial charge in [0.2, 0.25) is 5.91 Å². The van der Waals surface area contributed by atoms with Gasteiger partial charge < -0.3 is 15.0 Å². The molecule has 1 aromatic carbocycles. The summed E-state index contributed by atoms with van der Waals surface area (Å²) in [6.45, 7) is 5.77. The van der Waals surface area contributed by atoms with Crippen LogP contribution in [0, 0.1) is 6.92 Å². The molecule has 4 nitrogen and oxygen atoms in total. The van der Waals surface area contributed by atoms with Gasteiger partial charge in [0.15, 0.2) is 0 Å². The summed E-state index contributed by atoms with van der Waals surface area (Å²) in [4.78, 5) is 17.0. The molecule has 1 heterocycles. The van der Waals surface area contributed by atoms with E-state index in [0.29, 0.717) is 13.0 Å². The van der Waals surface area contributed by atoms with Crippen LogP contribution in [0.1, 0.15) is 25.0 Å². The Labute approximate surface area is 119 Å². The number of carbonyl (C=O) groups excluding carboxylic acids is 1. The number of aromatic amines is 1. The molecule has 0 bridgehead atoms. The molecule has 2 rings (SSSR count). The molecule has 0 fully saturated rings. The summed E-state index contributed by atoms with van der Waals surface area (Å²) in [5.41, 5.74) is 2.35. The molecule has 0 aliphatic heterocycles. The number of aromatic nitrogens is 1. The normalized spacial score (nSPS) is 11.8. The summed E-state index contributed by atoms with van der Waals surface area (Å²) in [5, 5.41) is 10.9. The number of hydrogen-bond acceptors (Lipinski definition) is 2. The van der Waals surface area contributed by atoms with Crippen molar-refractivity contribution in [3.63, 3.8) is 0 Å². The van der Waals surface area contributed by atoms with Crippen molar-refractivity contribution in [2.45, 2.75) is 32.8 Å². The van der Waals surface area contributed by atoms with Gasteiger partial charge in [0.1, 0.15) is 0 Å². The van der Waals surface area contributed by atoms with E-state index in [1.165, 1.54) is 0 Å². The third kappa shape index (κ3) is 3.20. The molecule has 2 N–H and O–H groups in total. The zero-order chi connectivity index (χ0) is 14.9. The molecule has 1 aromatic heterocycles. The molecule has 0 saturated carbocycles. The Morgan fingerprint density at radius 3 is 2.75 bits per heavy atom. The van der Waals surface area contributed by atoms with Crippen LogP contribution < -0.4 is 0 Å². The molecule has 4 heteroatoms. The van der Waals surface area contributed by atoms with Crippen LogP contribution in [0.25, 0.3) is 10.9 Å². The van der Waals surface area contributed by atoms with Gasteiger partial charge in [-0.25, -0.2) is 0 Å². The Balaban J connectivity index is 2.18. The van der Waals surface area contributed by atoms with Gasteiger partial charge in [-0.15, -0.1) is 0 Å².